The molecule has 1 saturated heterocycles. The summed E-state index contributed by atoms with van der Waals surface area (Å²) in [7, 11) is 0. The van der Waals surface area contributed by atoms with E-state index in [2.05, 4.69) is 37.4 Å². The molecule has 1 heterocycles. The van der Waals surface area contributed by atoms with E-state index in [1.807, 2.05) is 4.90 Å². The number of carbonyl (C=O) groups excluding carboxylic acids is 2. The predicted octanol–water partition coefficient (Wildman–Crippen LogP) is 4.05. The molecular formula is C21H23ClN2O2. The Labute approximate surface area is 159 Å². The second-order valence-corrected chi connectivity index (χ2v) is 7.30. The van der Waals surface area contributed by atoms with Crippen molar-refractivity contribution in [2.45, 2.75) is 32.7 Å². The van der Waals surface area contributed by atoms with Gasteiger partial charge in [0.1, 0.15) is 0 Å². The van der Waals surface area contributed by atoms with Crippen molar-refractivity contribution in [1.29, 1.82) is 0 Å². The number of halogens is 1. The van der Waals surface area contributed by atoms with Crippen LogP contribution in [0.4, 0.5) is 0 Å². The average molecular weight is 371 g/mol. The molecule has 0 spiro atoms. The topological polar surface area (TPSA) is 49.4 Å². The first-order chi connectivity index (χ1) is 12.4. The molecule has 136 valence electrons. The van der Waals surface area contributed by atoms with Crippen LogP contribution in [0.2, 0.25) is 5.02 Å². The second-order valence-electron chi connectivity index (χ2n) is 6.86. The van der Waals surface area contributed by atoms with E-state index in [0.29, 0.717) is 10.6 Å². The Kier molecular flexibility index (Phi) is 5.62. The van der Waals surface area contributed by atoms with Gasteiger partial charge in [-0.2, -0.15) is 0 Å². The van der Waals surface area contributed by atoms with Crippen molar-refractivity contribution < 1.29 is 9.59 Å². The first-order valence-corrected chi connectivity index (χ1v) is 9.23. The molecule has 2 amide bonds. The fourth-order valence-electron chi connectivity index (χ4n) is 3.60. The lowest BCUT2D eigenvalue weighted by Gasteiger charge is -2.26. The molecule has 5 heteroatoms. The average Bonchev–Trinajstić information content (AvgIpc) is 3.08. The molecule has 1 unspecified atom stereocenters. The van der Waals surface area contributed by atoms with Crippen LogP contribution in [0.15, 0.2) is 42.5 Å². The molecule has 2 aromatic carbocycles. The highest BCUT2D eigenvalue weighted by atomic mass is 35.5. The van der Waals surface area contributed by atoms with Gasteiger partial charge in [-0.25, -0.2) is 0 Å². The molecule has 1 aliphatic rings. The van der Waals surface area contributed by atoms with Crippen molar-refractivity contribution in [3.05, 3.63) is 69.7 Å². The Morgan fingerprint density at radius 3 is 2.58 bits per heavy atom. The Bertz CT molecular complexity index is 814. The number of hydrogen-bond acceptors (Lipinski definition) is 2. The standard InChI is InChI=1S/C21H23ClN2O2/c1-14-9-15(2)11-17(10-14)19-7-4-8-24(19)20(25)13-23-21(26)16-5-3-6-18(22)12-16/h3,5-6,9-12,19H,4,7-8,13H2,1-2H3,(H,23,26). The molecule has 1 atom stereocenters. The summed E-state index contributed by atoms with van der Waals surface area (Å²) in [5.74, 6) is -0.343. The van der Waals surface area contributed by atoms with Crippen molar-refractivity contribution in [3.8, 4) is 0 Å². The van der Waals surface area contributed by atoms with Gasteiger partial charge in [0, 0.05) is 17.1 Å². The molecule has 26 heavy (non-hydrogen) atoms. The third kappa shape index (κ3) is 4.25. The van der Waals surface area contributed by atoms with Crippen LogP contribution in [0.5, 0.6) is 0 Å². The van der Waals surface area contributed by atoms with Crippen LogP contribution in [0.1, 0.15) is 45.9 Å². The first kappa shape index (κ1) is 18.5. The number of hydrogen-bond donors (Lipinski definition) is 1. The van der Waals surface area contributed by atoms with E-state index in [1.165, 1.54) is 16.7 Å². The minimum atomic E-state index is -0.289. The summed E-state index contributed by atoms with van der Waals surface area (Å²) >= 11 is 5.91. The van der Waals surface area contributed by atoms with Crippen LogP contribution in [-0.2, 0) is 4.79 Å². The number of benzene rings is 2. The summed E-state index contributed by atoms with van der Waals surface area (Å²) in [5.41, 5.74) is 4.04. The van der Waals surface area contributed by atoms with Gasteiger partial charge in [-0.3, -0.25) is 9.59 Å². The third-order valence-electron chi connectivity index (χ3n) is 4.69. The van der Waals surface area contributed by atoms with E-state index >= 15 is 0 Å². The molecule has 1 fully saturated rings. The number of nitrogens with one attached hydrogen (secondary N) is 1. The monoisotopic (exact) mass is 370 g/mol. The maximum absolute atomic E-state index is 12.7. The van der Waals surface area contributed by atoms with Crippen LogP contribution >= 0.6 is 11.6 Å². The smallest absolute Gasteiger partial charge is 0.251 e. The highest BCUT2D eigenvalue weighted by molar-refractivity contribution is 6.30. The summed E-state index contributed by atoms with van der Waals surface area (Å²) in [6.45, 7) is 4.86. The zero-order chi connectivity index (χ0) is 18.7. The molecular weight excluding hydrogens is 348 g/mol. The summed E-state index contributed by atoms with van der Waals surface area (Å²) in [5, 5.41) is 3.21. The number of rotatable bonds is 4. The fourth-order valence-corrected chi connectivity index (χ4v) is 3.79. The molecule has 1 N–H and O–H groups in total. The number of aryl methyl sites for hydroxylation is 2. The molecule has 0 radical (unpaired) electrons. The molecule has 4 nitrogen and oxygen atoms in total. The Morgan fingerprint density at radius 2 is 1.88 bits per heavy atom. The molecule has 0 aromatic heterocycles. The minimum absolute atomic E-state index is 0.00730. The van der Waals surface area contributed by atoms with Gasteiger partial charge in [0.2, 0.25) is 5.91 Å². The van der Waals surface area contributed by atoms with E-state index in [0.717, 1.165) is 19.4 Å². The van der Waals surface area contributed by atoms with Crippen LogP contribution in [0.3, 0.4) is 0 Å². The Hall–Kier alpha value is -2.33. The van der Waals surface area contributed by atoms with Gasteiger partial charge < -0.3 is 10.2 Å². The summed E-state index contributed by atoms with van der Waals surface area (Å²) < 4.78 is 0. The number of carbonyl (C=O) groups is 2. The van der Waals surface area contributed by atoms with Crippen LogP contribution < -0.4 is 5.32 Å². The summed E-state index contributed by atoms with van der Waals surface area (Å²) in [4.78, 5) is 26.8. The van der Waals surface area contributed by atoms with Crippen LogP contribution in [0.25, 0.3) is 0 Å². The molecule has 0 saturated carbocycles. The Balaban J connectivity index is 1.66. The lowest BCUT2D eigenvalue weighted by atomic mass is 9.99. The van der Waals surface area contributed by atoms with Gasteiger partial charge in [-0.15, -0.1) is 0 Å². The van der Waals surface area contributed by atoms with Crippen LogP contribution in [0, 0.1) is 13.8 Å². The maximum Gasteiger partial charge on any atom is 0.251 e. The van der Waals surface area contributed by atoms with Crippen molar-refractivity contribution in [2.24, 2.45) is 0 Å². The lowest BCUT2D eigenvalue weighted by Crippen LogP contribution is -2.39. The fraction of sp³-hybridized carbons (Fsp3) is 0.333. The quantitative estimate of drug-likeness (QED) is 0.882. The zero-order valence-electron chi connectivity index (χ0n) is 15.1. The van der Waals surface area contributed by atoms with Crippen LogP contribution in [-0.4, -0.2) is 29.8 Å². The molecule has 0 aliphatic carbocycles. The van der Waals surface area contributed by atoms with Gasteiger partial charge in [0.15, 0.2) is 0 Å². The molecule has 1 aliphatic heterocycles. The number of amides is 2. The predicted molar refractivity (Wildman–Crippen MR) is 103 cm³/mol. The van der Waals surface area contributed by atoms with E-state index in [1.54, 1.807) is 24.3 Å². The van der Waals surface area contributed by atoms with E-state index in [-0.39, 0.29) is 24.4 Å². The number of likely N-dealkylation sites (tertiary alicyclic amines) is 1. The summed E-state index contributed by atoms with van der Waals surface area (Å²) in [6, 6.07) is 13.2. The number of nitrogens with zero attached hydrogens (tertiary/aromatic N) is 1. The van der Waals surface area contributed by atoms with E-state index in [9.17, 15) is 9.59 Å². The highest BCUT2D eigenvalue weighted by Crippen LogP contribution is 2.32. The van der Waals surface area contributed by atoms with Crippen molar-refractivity contribution in [2.75, 3.05) is 13.1 Å². The van der Waals surface area contributed by atoms with Crippen molar-refractivity contribution in [1.82, 2.24) is 10.2 Å². The second kappa shape index (κ2) is 7.92. The highest BCUT2D eigenvalue weighted by Gasteiger charge is 2.30. The first-order valence-electron chi connectivity index (χ1n) is 8.85. The normalized spacial score (nSPS) is 16.6. The minimum Gasteiger partial charge on any atom is -0.343 e. The van der Waals surface area contributed by atoms with E-state index in [4.69, 9.17) is 11.6 Å². The van der Waals surface area contributed by atoms with Gasteiger partial charge in [-0.1, -0.05) is 47.0 Å². The Morgan fingerprint density at radius 1 is 1.15 bits per heavy atom. The van der Waals surface area contributed by atoms with Gasteiger partial charge >= 0.3 is 0 Å². The van der Waals surface area contributed by atoms with Gasteiger partial charge in [0.25, 0.3) is 5.91 Å². The van der Waals surface area contributed by atoms with Crippen molar-refractivity contribution >= 4 is 23.4 Å². The van der Waals surface area contributed by atoms with Gasteiger partial charge in [-0.05, 0) is 50.5 Å². The maximum atomic E-state index is 12.7. The lowest BCUT2D eigenvalue weighted by molar-refractivity contribution is -0.131. The molecule has 2 aromatic rings. The zero-order valence-corrected chi connectivity index (χ0v) is 15.8. The van der Waals surface area contributed by atoms with E-state index < -0.39 is 0 Å². The molecule has 3 rings (SSSR count). The van der Waals surface area contributed by atoms with Gasteiger partial charge in [0.05, 0.1) is 12.6 Å². The summed E-state index contributed by atoms with van der Waals surface area (Å²) in [6.07, 6.45) is 1.93. The SMILES string of the molecule is Cc1cc(C)cc(C2CCCN2C(=O)CNC(=O)c2cccc(Cl)c2)c1. The molecule has 0 bridgehead atoms. The third-order valence-corrected chi connectivity index (χ3v) is 4.92. The largest absolute Gasteiger partial charge is 0.343 e. The van der Waals surface area contributed by atoms with Crippen molar-refractivity contribution in [3.63, 3.8) is 0 Å².